The van der Waals surface area contributed by atoms with Crippen LogP contribution in [0.1, 0.15) is 45.1 Å². The van der Waals surface area contributed by atoms with Crippen LogP contribution in [0.4, 0.5) is 0 Å². The molecule has 2 rings (SSSR count). The number of rotatable bonds is 14. The molecular weight excluding hydrogens is 426 g/mol. The van der Waals surface area contributed by atoms with E-state index in [2.05, 4.69) is 15.2 Å². The predicted molar refractivity (Wildman–Crippen MR) is 129 cm³/mol. The number of amides is 1. The van der Waals surface area contributed by atoms with Crippen molar-refractivity contribution in [2.45, 2.75) is 46.1 Å². The summed E-state index contributed by atoms with van der Waals surface area (Å²) in [6.45, 7) is 8.43. The molecule has 0 bridgehead atoms. The molecule has 1 aliphatic heterocycles. The standard InChI is InChI=1S/C24H37N3O4S/c1-20(2)16-24(29)31-14-15-32-19-22(28)25-9-4-7-13-30-23-17-21(8-10-26-23)18-27-11-5-3-6-12-27/h4,7-8,10,17,20H,3,5-6,9,11-16,18-19H2,1-2H3,(H,25,28)/b7-4-. The lowest BCUT2D eigenvalue weighted by atomic mass is 10.1. The molecular formula is C24H37N3O4S. The molecule has 7 nitrogen and oxygen atoms in total. The van der Waals surface area contributed by atoms with Gasteiger partial charge in [-0.15, -0.1) is 11.8 Å². The zero-order valence-electron chi connectivity index (χ0n) is 19.4. The molecule has 1 aliphatic rings. The Hall–Kier alpha value is -2.06. The van der Waals surface area contributed by atoms with Gasteiger partial charge >= 0.3 is 5.97 Å². The minimum absolute atomic E-state index is 0.0406. The van der Waals surface area contributed by atoms with Crippen molar-refractivity contribution in [1.29, 1.82) is 0 Å². The molecule has 0 spiro atoms. The van der Waals surface area contributed by atoms with Crippen LogP contribution in [-0.2, 0) is 20.9 Å². The Labute approximate surface area is 196 Å². The third-order valence-corrected chi connectivity index (χ3v) is 5.79. The van der Waals surface area contributed by atoms with Crippen molar-refractivity contribution in [2.24, 2.45) is 5.92 Å². The molecule has 32 heavy (non-hydrogen) atoms. The van der Waals surface area contributed by atoms with Crippen LogP contribution >= 0.6 is 11.8 Å². The zero-order chi connectivity index (χ0) is 23.0. The predicted octanol–water partition coefficient (Wildman–Crippen LogP) is 3.44. The fourth-order valence-electron chi connectivity index (χ4n) is 3.28. The van der Waals surface area contributed by atoms with E-state index in [0.29, 0.717) is 49.5 Å². The molecule has 0 saturated carbocycles. The van der Waals surface area contributed by atoms with Crippen LogP contribution in [0.15, 0.2) is 30.5 Å². The van der Waals surface area contributed by atoms with Crippen molar-refractivity contribution >= 4 is 23.6 Å². The topological polar surface area (TPSA) is 80.8 Å². The van der Waals surface area contributed by atoms with Crippen LogP contribution in [0.3, 0.4) is 0 Å². The summed E-state index contributed by atoms with van der Waals surface area (Å²) < 4.78 is 10.8. The smallest absolute Gasteiger partial charge is 0.306 e. The van der Waals surface area contributed by atoms with Crippen molar-refractivity contribution in [3.05, 3.63) is 36.0 Å². The van der Waals surface area contributed by atoms with Crippen LogP contribution in [0.2, 0.25) is 0 Å². The number of esters is 1. The molecule has 178 valence electrons. The van der Waals surface area contributed by atoms with Crippen LogP contribution in [0.5, 0.6) is 5.88 Å². The first-order chi connectivity index (χ1) is 15.5. The maximum atomic E-state index is 11.8. The molecule has 1 N–H and O–H groups in total. The van der Waals surface area contributed by atoms with Gasteiger partial charge < -0.3 is 14.8 Å². The first-order valence-corrected chi connectivity index (χ1v) is 12.6. The van der Waals surface area contributed by atoms with Crippen LogP contribution < -0.4 is 10.1 Å². The number of hydrogen-bond donors (Lipinski definition) is 1. The zero-order valence-corrected chi connectivity index (χ0v) is 20.2. The van der Waals surface area contributed by atoms with Crippen LogP contribution in [0, 0.1) is 5.92 Å². The summed E-state index contributed by atoms with van der Waals surface area (Å²) in [5.74, 6) is 1.66. The Morgan fingerprint density at radius 2 is 2.06 bits per heavy atom. The maximum absolute atomic E-state index is 11.8. The second-order valence-electron chi connectivity index (χ2n) is 8.30. The quantitative estimate of drug-likeness (QED) is 0.257. The van der Waals surface area contributed by atoms with Gasteiger partial charge in [-0.3, -0.25) is 14.5 Å². The monoisotopic (exact) mass is 463 g/mol. The van der Waals surface area contributed by atoms with Gasteiger partial charge in [0, 0.05) is 37.5 Å². The molecule has 0 aliphatic carbocycles. The van der Waals surface area contributed by atoms with Crippen molar-refractivity contribution < 1.29 is 19.1 Å². The average molecular weight is 464 g/mol. The highest BCUT2D eigenvalue weighted by atomic mass is 32.2. The van der Waals surface area contributed by atoms with Crippen LogP contribution in [-0.4, -0.2) is 66.1 Å². The molecule has 0 atom stereocenters. The Bertz CT molecular complexity index is 721. The number of hydrogen-bond acceptors (Lipinski definition) is 7. The summed E-state index contributed by atoms with van der Waals surface area (Å²) in [4.78, 5) is 30.0. The number of aromatic nitrogens is 1. The second-order valence-corrected chi connectivity index (χ2v) is 9.40. The van der Waals surface area contributed by atoms with Gasteiger partial charge in [0.2, 0.25) is 11.8 Å². The highest BCUT2D eigenvalue weighted by Crippen LogP contribution is 2.15. The Morgan fingerprint density at radius 3 is 2.84 bits per heavy atom. The third kappa shape index (κ3) is 12.1. The fourth-order valence-corrected chi connectivity index (χ4v) is 3.92. The van der Waals surface area contributed by atoms with Gasteiger partial charge in [-0.1, -0.05) is 26.3 Å². The normalized spacial score (nSPS) is 14.6. The Kier molecular flexibility index (Phi) is 12.8. The molecule has 1 aromatic rings. The largest absolute Gasteiger partial charge is 0.473 e. The SMILES string of the molecule is CC(C)CC(=O)OCCSCC(=O)NC/C=C\COc1cc(CN2CCCCC2)ccn1. The fraction of sp³-hybridized carbons (Fsp3) is 0.625. The van der Waals surface area contributed by atoms with Crippen molar-refractivity contribution in [2.75, 3.05) is 44.4 Å². The van der Waals surface area contributed by atoms with E-state index in [9.17, 15) is 9.59 Å². The number of carbonyl (C=O) groups excluding carboxylic acids is 2. The number of pyridine rings is 1. The molecule has 1 amide bonds. The first-order valence-electron chi connectivity index (χ1n) is 11.5. The van der Waals surface area contributed by atoms with Gasteiger partial charge in [-0.05, 0) is 49.6 Å². The van der Waals surface area contributed by atoms with Gasteiger partial charge in [0.25, 0.3) is 0 Å². The Balaban J connectivity index is 1.51. The molecule has 2 heterocycles. The summed E-state index contributed by atoms with van der Waals surface area (Å²) in [5.41, 5.74) is 1.22. The van der Waals surface area contributed by atoms with Crippen LogP contribution in [0.25, 0.3) is 0 Å². The number of ether oxygens (including phenoxy) is 2. The summed E-state index contributed by atoms with van der Waals surface area (Å²) in [7, 11) is 0. The summed E-state index contributed by atoms with van der Waals surface area (Å²) >= 11 is 1.45. The molecule has 1 saturated heterocycles. The minimum Gasteiger partial charge on any atom is -0.473 e. The van der Waals surface area contributed by atoms with E-state index in [1.165, 1.54) is 36.6 Å². The molecule has 0 radical (unpaired) electrons. The number of thioether (sulfide) groups is 1. The molecule has 8 heteroatoms. The number of nitrogens with zero attached hydrogens (tertiary/aromatic N) is 2. The maximum Gasteiger partial charge on any atom is 0.306 e. The lowest BCUT2D eigenvalue weighted by Gasteiger charge is -2.26. The van der Waals surface area contributed by atoms with E-state index in [-0.39, 0.29) is 11.9 Å². The number of nitrogens with one attached hydrogen (secondary N) is 1. The third-order valence-electron chi connectivity index (χ3n) is 4.86. The highest BCUT2D eigenvalue weighted by Gasteiger charge is 2.11. The van der Waals surface area contributed by atoms with E-state index in [1.54, 1.807) is 6.20 Å². The second kappa shape index (κ2) is 15.7. The van der Waals surface area contributed by atoms with E-state index in [1.807, 2.05) is 38.1 Å². The molecule has 1 aromatic heterocycles. The molecule has 0 unspecified atom stereocenters. The van der Waals surface area contributed by atoms with Crippen molar-refractivity contribution in [3.8, 4) is 5.88 Å². The van der Waals surface area contributed by atoms with E-state index < -0.39 is 0 Å². The van der Waals surface area contributed by atoms with E-state index in [4.69, 9.17) is 9.47 Å². The van der Waals surface area contributed by atoms with Gasteiger partial charge in [0.05, 0.1) is 5.75 Å². The summed E-state index contributed by atoms with van der Waals surface area (Å²) in [6.07, 6.45) is 9.87. The lowest BCUT2D eigenvalue weighted by molar-refractivity contribution is -0.143. The highest BCUT2D eigenvalue weighted by molar-refractivity contribution is 7.99. The van der Waals surface area contributed by atoms with Gasteiger partial charge in [0.15, 0.2) is 0 Å². The summed E-state index contributed by atoms with van der Waals surface area (Å²) in [5, 5.41) is 2.83. The Morgan fingerprint density at radius 1 is 1.25 bits per heavy atom. The lowest BCUT2D eigenvalue weighted by Crippen LogP contribution is -2.29. The number of likely N-dealkylation sites (tertiary alicyclic amines) is 1. The molecule has 1 fully saturated rings. The van der Waals surface area contributed by atoms with Crippen molar-refractivity contribution in [1.82, 2.24) is 15.2 Å². The van der Waals surface area contributed by atoms with E-state index >= 15 is 0 Å². The van der Waals surface area contributed by atoms with Gasteiger partial charge in [-0.2, -0.15) is 0 Å². The number of carbonyl (C=O) groups is 2. The van der Waals surface area contributed by atoms with E-state index in [0.717, 1.165) is 19.6 Å². The number of piperidine rings is 1. The minimum atomic E-state index is -0.179. The molecule has 0 aromatic carbocycles. The summed E-state index contributed by atoms with van der Waals surface area (Å²) in [6, 6.07) is 4.04. The van der Waals surface area contributed by atoms with Gasteiger partial charge in [0.1, 0.15) is 13.2 Å². The first kappa shape index (κ1) is 26.2. The van der Waals surface area contributed by atoms with Crippen molar-refractivity contribution in [3.63, 3.8) is 0 Å². The average Bonchev–Trinajstić information content (AvgIpc) is 2.76. The van der Waals surface area contributed by atoms with Gasteiger partial charge in [-0.25, -0.2) is 4.98 Å².